The van der Waals surface area contributed by atoms with Crippen molar-refractivity contribution in [3.8, 4) is 0 Å². The number of nitrogens with one attached hydrogen (secondary N) is 1. The Labute approximate surface area is 170 Å². The van der Waals surface area contributed by atoms with Gasteiger partial charge in [-0.3, -0.25) is 9.69 Å². The zero-order chi connectivity index (χ0) is 20.1. The van der Waals surface area contributed by atoms with Crippen molar-refractivity contribution in [1.29, 1.82) is 0 Å². The molecule has 6 nitrogen and oxygen atoms in total. The number of likely N-dealkylation sites (tertiary alicyclic amines) is 2. The molecule has 2 aliphatic heterocycles. The number of nitrogens with zero attached hydrogens (tertiary/aromatic N) is 4. The molecule has 1 aromatic heterocycles. The number of hydrogen-bond donors (Lipinski definition) is 1. The van der Waals surface area contributed by atoms with E-state index in [-0.39, 0.29) is 11.0 Å². The highest BCUT2D eigenvalue weighted by atomic mass is 16.1. The molecule has 1 unspecified atom stereocenters. The third-order valence-corrected chi connectivity index (χ3v) is 6.34. The van der Waals surface area contributed by atoms with Crippen LogP contribution in [-0.4, -0.2) is 71.4 Å². The molecule has 1 N–H and O–H groups in total. The van der Waals surface area contributed by atoms with Crippen LogP contribution >= 0.6 is 0 Å². The summed E-state index contributed by atoms with van der Waals surface area (Å²) in [5, 5.41) is 8.46. The monoisotopic (exact) mass is 389 g/mol. The van der Waals surface area contributed by atoms with Crippen LogP contribution in [0, 0.1) is 0 Å². The lowest BCUT2D eigenvalue weighted by Gasteiger charge is -2.38. The molecular formula is C22H39N5O. The van der Waals surface area contributed by atoms with Crippen LogP contribution in [0.25, 0.3) is 0 Å². The average Bonchev–Trinajstić information content (AvgIpc) is 2.66. The standard InChI is InChI=1S/C22H39N5O/c1-22(2,3)20-8-9-21(28)27(24-20)16-15-26-12-6-5-7-19(26)17-23-18-10-13-25(4)14-11-18/h8-9,18-19,23H,5-7,10-17H2,1-4H3. The summed E-state index contributed by atoms with van der Waals surface area (Å²) in [7, 11) is 2.21. The Morgan fingerprint density at radius 3 is 2.54 bits per heavy atom. The van der Waals surface area contributed by atoms with Gasteiger partial charge < -0.3 is 10.2 Å². The summed E-state index contributed by atoms with van der Waals surface area (Å²) in [6.07, 6.45) is 6.33. The van der Waals surface area contributed by atoms with Crippen LogP contribution in [0.3, 0.4) is 0 Å². The molecule has 1 aromatic rings. The minimum absolute atomic E-state index is 0.00556. The lowest BCUT2D eigenvalue weighted by Crippen LogP contribution is -2.50. The normalized spacial score (nSPS) is 23.2. The van der Waals surface area contributed by atoms with Crippen molar-refractivity contribution in [3.63, 3.8) is 0 Å². The fraction of sp³-hybridized carbons (Fsp3) is 0.818. The van der Waals surface area contributed by atoms with E-state index in [2.05, 4.69) is 48.0 Å². The van der Waals surface area contributed by atoms with Gasteiger partial charge in [0, 0.05) is 36.7 Å². The molecular weight excluding hydrogens is 350 g/mol. The third kappa shape index (κ3) is 5.88. The van der Waals surface area contributed by atoms with Gasteiger partial charge in [0.25, 0.3) is 5.56 Å². The van der Waals surface area contributed by atoms with E-state index >= 15 is 0 Å². The lowest BCUT2D eigenvalue weighted by molar-refractivity contribution is 0.130. The smallest absolute Gasteiger partial charge is 0.266 e. The number of aromatic nitrogens is 2. The second-order valence-electron chi connectivity index (χ2n) is 9.70. The molecule has 3 heterocycles. The first-order valence-corrected chi connectivity index (χ1v) is 11.1. The molecule has 6 heteroatoms. The third-order valence-electron chi connectivity index (χ3n) is 6.34. The SMILES string of the molecule is CN1CCC(NCC2CCCCN2CCn2nc(C(C)(C)C)ccc2=O)CC1. The first-order chi connectivity index (χ1) is 13.3. The Bertz CT molecular complexity index is 672. The molecule has 0 aliphatic carbocycles. The molecule has 2 aliphatic rings. The maximum atomic E-state index is 12.3. The zero-order valence-electron chi connectivity index (χ0n) is 18.3. The van der Waals surface area contributed by atoms with Crippen molar-refractivity contribution in [1.82, 2.24) is 24.9 Å². The first-order valence-electron chi connectivity index (χ1n) is 11.1. The summed E-state index contributed by atoms with van der Waals surface area (Å²) in [6, 6.07) is 4.78. The van der Waals surface area contributed by atoms with E-state index in [0.717, 1.165) is 25.3 Å². The van der Waals surface area contributed by atoms with E-state index < -0.39 is 0 Å². The van der Waals surface area contributed by atoms with E-state index in [1.807, 2.05) is 6.07 Å². The topological polar surface area (TPSA) is 53.4 Å². The van der Waals surface area contributed by atoms with Gasteiger partial charge in [-0.15, -0.1) is 0 Å². The quantitative estimate of drug-likeness (QED) is 0.807. The minimum atomic E-state index is -0.0406. The van der Waals surface area contributed by atoms with Gasteiger partial charge in [0.05, 0.1) is 12.2 Å². The Kier molecular flexibility index (Phi) is 7.29. The Morgan fingerprint density at radius 2 is 1.82 bits per heavy atom. The molecule has 0 aromatic carbocycles. The molecule has 1 atom stereocenters. The summed E-state index contributed by atoms with van der Waals surface area (Å²) in [4.78, 5) is 17.3. The Hall–Kier alpha value is -1.24. The minimum Gasteiger partial charge on any atom is -0.312 e. The molecule has 0 bridgehead atoms. The van der Waals surface area contributed by atoms with Crippen LogP contribution in [0.5, 0.6) is 0 Å². The van der Waals surface area contributed by atoms with Crippen molar-refractivity contribution in [2.75, 3.05) is 39.8 Å². The second-order valence-corrected chi connectivity index (χ2v) is 9.70. The highest BCUT2D eigenvalue weighted by molar-refractivity contribution is 5.10. The molecule has 0 radical (unpaired) electrons. The predicted octanol–water partition coefficient (Wildman–Crippen LogP) is 2.08. The van der Waals surface area contributed by atoms with Crippen LogP contribution in [0.2, 0.25) is 0 Å². The lowest BCUT2D eigenvalue weighted by atomic mass is 9.92. The highest BCUT2D eigenvalue weighted by Crippen LogP contribution is 2.19. The summed E-state index contributed by atoms with van der Waals surface area (Å²) in [5.41, 5.74) is 0.943. The fourth-order valence-corrected chi connectivity index (χ4v) is 4.33. The van der Waals surface area contributed by atoms with E-state index in [9.17, 15) is 4.79 Å². The second kappa shape index (κ2) is 9.51. The number of hydrogen-bond acceptors (Lipinski definition) is 5. The molecule has 3 rings (SSSR count). The van der Waals surface area contributed by atoms with Gasteiger partial charge in [0.2, 0.25) is 0 Å². The summed E-state index contributed by atoms with van der Waals surface area (Å²) >= 11 is 0. The maximum absolute atomic E-state index is 12.3. The summed E-state index contributed by atoms with van der Waals surface area (Å²) < 4.78 is 1.66. The van der Waals surface area contributed by atoms with Crippen LogP contribution in [-0.2, 0) is 12.0 Å². The zero-order valence-corrected chi connectivity index (χ0v) is 18.3. The molecule has 158 valence electrons. The van der Waals surface area contributed by atoms with Gasteiger partial charge in [-0.25, -0.2) is 4.68 Å². The van der Waals surface area contributed by atoms with Gasteiger partial charge in [-0.1, -0.05) is 27.2 Å². The average molecular weight is 390 g/mol. The molecule has 2 fully saturated rings. The van der Waals surface area contributed by atoms with Crippen LogP contribution in [0.15, 0.2) is 16.9 Å². The van der Waals surface area contributed by atoms with E-state index in [1.54, 1.807) is 10.7 Å². The summed E-state index contributed by atoms with van der Waals surface area (Å²) in [6.45, 7) is 12.6. The summed E-state index contributed by atoms with van der Waals surface area (Å²) in [5.74, 6) is 0. The van der Waals surface area contributed by atoms with Crippen LogP contribution < -0.4 is 10.9 Å². The highest BCUT2D eigenvalue weighted by Gasteiger charge is 2.24. The van der Waals surface area contributed by atoms with Crippen molar-refractivity contribution < 1.29 is 0 Å². The van der Waals surface area contributed by atoms with E-state index in [4.69, 9.17) is 0 Å². The predicted molar refractivity (Wildman–Crippen MR) is 115 cm³/mol. The molecule has 28 heavy (non-hydrogen) atoms. The Balaban J connectivity index is 1.55. The van der Waals surface area contributed by atoms with E-state index in [0.29, 0.717) is 18.6 Å². The first kappa shape index (κ1) is 21.5. The largest absolute Gasteiger partial charge is 0.312 e. The van der Waals surface area contributed by atoms with Crippen molar-refractivity contribution in [3.05, 3.63) is 28.2 Å². The van der Waals surface area contributed by atoms with Crippen LogP contribution in [0.4, 0.5) is 0 Å². The number of piperidine rings is 2. The van der Waals surface area contributed by atoms with Crippen molar-refractivity contribution >= 4 is 0 Å². The van der Waals surface area contributed by atoms with Gasteiger partial charge in [-0.05, 0) is 58.4 Å². The number of rotatable bonds is 6. The maximum Gasteiger partial charge on any atom is 0.266 e. The molecule has 2 saturated heterocycles. The fourth-order valence-electron chi connectivity index (χ4n) is 4.33. The molecule has 0 saturated carbocycles. The van der Waals surface area contributed by atoms with E-state index in [1.165, 1.54) is 45.2 Å². The van der Waals surface area contributed by atoms with Gasteiger partial charge in [0.15, 0.2) is 0 Å². The van der Waals surface area contributed by atoms with Crippen molar-refractivity contribution in [2.45, 2.75) is 76.9 Å². The Morgan fingerprint density at radius 1 is 1.07 bits per heavy atom. The molecule has 0 amide bonds. The van der Waals surface area contributed by atoms with Gasteiger partial charge in [-0.2, -0.15) is 5.10 Å². The molecule has 0 spiro atoms. The van der Waals surface area contributed by atoms with Crippen molar-refractivity contribution in [2.24, 2.45) is 0 Å². The van der Waals surface area contributed by atoms with Gasteiger partial charge >= 0.3 is 0 Å². The van der Waals surface area contributed by atoms with Gasteiger partial charge in [0.1, 0.15) is 0 Å². The van der Waals surface area contributed by atoms with Crippen LogP contribution in [0.1, 0.15) is 58.6 Å².